The van der Waals surface area contributed by atoms with Crippen LogP contribution in [-0.2, 0) is 4.79 Å². The van der Waals surface area contributed by atoms with Gasteiger partial charge in [0.05, 0.1) is 12.8 Å². The monoisotopic (exact) mass is 301 g/mol. The fourth-order valence-corrected chi connectivity index (χ4v) is 1.75. The Balaban J connectivity index is 1.77. The van der Waals surface area contributed by atoms with Gasteiger partial charge in [-0.3, -0.25) is 4.79 Å². The number of hydrogen-bond acceptors (Lipinski definition) is 3. The lowest BCUT2D eigenvalue weighted by Gasteiger charge is -2.05. The topological polar surface area (TPSA) is 53.5 Å². The Bertz CT molecular complexity index is 621. The second-order valence-corrected chi connectivity index (χ2v) is 5.00. The fraction of sp³-hybridized carbons (Fsp3) is 0.125. The van der Waals surface area contributed by atoms with Gasteiger partial charge in [-0.1, -0.05) is 41.4 Å². The molecular formula is C16H16ClN3O. The molecule has 0 aliphatic carbocycles. The summed E-state index contributed by atoms with van der Waals surface area (Å²) >= 11 is 5.78. The summed E-state index contributed by atoms with van der Waals surface area (Å²) in [6.07, 6.45) is 1.57. The maximum atomic E-state index is 11.6. The van der Waals surface area contributed by atoms with E-state index < -0.39 is 0 Å². The molecule has 0 spiro atoms. The lowest BCUT2D eigenvalue weighted by molar-refractivity contribution is -0.119. The number of benzene rings is 2. The molecule has 0 fully saturated rings. The van der Waals surface area contributed by atoms with Crippen LogP contribution in [0, 0.1) is 6.92 Å². The van der Waals surface area contributed by atoms with Crippen LogP contribution in [0.4, 0.5) is 5.69 Å². The molecule has 0 saturated carbocycles. The summed E-state index contributed by atoms with van der Waals surface area (Å²) in [6.45, 7) is 2.18. The number of rotatable bonds is 5. The molecule has 0 heterocycles. The number of hydrazone groups is 1. The molecule has 0 radical (unpaired) electrons. The maximum Gasteiger partial charge on any atom is 0.259 e. The van der Waals surface area contributed by atoms with Crippen LogP contribution >= 0.6 is 11.6 Å². The van der Waals surface area contributed by atoms with E-state index in [-0.39, 0.29) is 12.5 Å². The van der Waals surface area contributed by atoms with Gasteiger partial charge in [0.25, 0.3) is 5.91 Å². The minimum Gasteiger partial charge on any atom is -0.376 e. The summed E-state index contributed by atoms with van der Waals surface area (Å²) < 4.78 is 0. The molecule has 0 bridgehead atoms. The maximum absolute atomic E-state index is 11.6. The van der Waals surface area contributed by atoms with Gasteiger partial charge in [0.1, 0.15) is 0 Å². The summed E-state index contributed by atoms with van der Waals surface area (Å²) in [7, 11) is 0. The molecule has 2 N–H and O–H groups in total. The van der Waals surface area contributed by atoms with Crippen LogP contribution in [0.25, 0.3) is 0 Å². The van der Waals surface area contributed by atoms with Crippen molar-refractivity contribution in [2.24, 2.45) is 5.10 Å². The van der Waals surface area contributed by atoms with E-state index in [1.54, 1.807) is 18.3 Å². The van der Waals surface area contributed by atoms with Crippen molar-refractivity contribution in [3.63, 3.8) is 0 Å². The van der Waals surface area contributed by atoms with Crippen molar-refractivity contribution < 1.29 is 4.79 Å². The van der Waals surface area contributed by atoms with E-state index >= 15 is 0 Å². The second kappa shape index (κ2) is 7.45. The Morgan fingerprint density at radius 2 is 1.81 bits per heavy atom. The first-order valence-electron chi connectivity index (χ1n) is 6.51. The van der Waals surface area contributed by atoms with Crippen LogP contribution < -0.4 is 10.7 Å². The van der Waals surface area contributed by atoms with Crippen molar-refractivity contribution in [3.8, 4) is 0 Å². The van der Waals surface area contributed by atoms with E-state index in [0.717, 1.165) is 11.3 Å². The molecule has 1 amide bonds. The molecule has 2 aromatic rings. The number of halogens is 1. The average molecular weight is 302 g/mol. The molecule has 2 aromatic carbocycles. The van der Waals surface area contributed by atoms with Gasteiger partial charge in [-0.25, -0.2) is 5.43 Å². The molecule has 0 atom stereocenters. The van der Waals surface area contributed by atoms with Crippen LogP contribution in [0.3, 0.4) is 0 Å². The molecule has 0 saturated heterocycles. The SMILES string of the molecule is Cc1ccc(NCC(=O)NN=Cc2ccc(Cl)cc2)cc1. The van der Waals surface area contributed by atoms with Gasteiger partial charge in [0.2, 0.25) is 0 Å². The molecule has 21 heavy (non-hydrogen) atoms. The molecule has 0 unspecified atom stereocenters. The van der Waals surface area contributed by atoms with E-state index in [1.807, 2.05) is 43.3 Å². The molecule has 0 aliphatic rings. The summed E-state index contributed by atoms with van der Waals surface area (Å²) in [6, 6.07) is 15.0. The van der Waals surface area contributed by atoms with Crippen LogP contribution in [0.1, 0.15) is 11.1 Å². The lowest BCUT2D eigenvalue weighted by Crippen LogP contribution is -2.25. The number of carbonyl (C=O) groups is 1. The van der Waals surface area contributed by atoms with E-state index in [2.05, 4.69) is 15.8 Å². The van der Waals surface area contributed by atoms with Gasteiger partial charge < -0.3 is 5.32 Å². The number of aryl methyl sites for hydroxylation is 1. The third kappa shape index (κ3) is 5.28. The first-order chi connectivity index (χ1) is 10.1. The van der Waals surface area contributed by atoms with Crippen molar-refractivity contribution in [2.75, 3.05) is 11.9 Å². The Labute approximate surface area is 128 Å². The van der Waals surface area contributed by atoms with Crippen LogP contribution in [-0.4, -0.2) is 18.7 Å². The van der Waals surface area contributed by atoms with Crippen LogP contribution in [0.15, 0.2) is 53.6 Å². The normalized spacial score (nSPS) is 10.6. The first kappa shape index (κ1) is 15.1. The molecule has 2 rings (SSSR count). The molecular weight excluding hydrogens is 286 g/mol. The summed E-state index contributed by atoms with van der Waals surface area (Å²) in [5.41, 5.74) is 5.41. The van der Waals surface area contributed by atoms with Gasteiger partial charge in [-0.2, -0.15) is 5.10 Å². The molecule has 5 heteroatoms. The van der Waals surface area contributed by atoms with Gasteiger partial charge in [-0.15, -0.1) is 0 Å². The predicted octanol–water partition coefficient (Wildman–Crippen LogP) is 3.21. The van der Waals surface area contributed by atoms with Crippen LogP contribution in [0.2, 0.25) is 5.02 Å². The number of nitrogens with zero attached hydrogens (tertiary/aromatic N) is 1. The Morgan fingerprint density at radius 3 is 2.48 bits per heavy atom. The van der Waals surface area contributed by atoms with E-state index in [0.29, 0.717) is 5.02 Å². The Hall–Kier alpha value is -2.33. The van der Waals surface area contributed by atoms with Crippen molar-refractivity contribution in [2.45, 2.75) is 6.92 Å². The fourth-order valence-electron chi connectivity index (χ4n) is 1.62. The quantitative estimate of drug-likeness (QED) is 0.658. The average Bonchev–Trinajstić information content (AvgIpc) is 2.49. The van der Waals surface area contributed by atoms with Gasteiger partial charge in [0, 0.05) is 10.7 Å². The van der Waals surface area contributed by atoms with Crippen molar-refractivity contribution >= 4 is 29.4 Å². The Kier molecular flexibility index (Phi) is 5.35. The zero-order valence-corrected chi connectivity index (χ0v) is 12.4. The van der Waals surface area contributed by atoms with Crippen molar-refractivity contribution in [1.82, 2.24) is 5.43 Å². The third-order valence-electron chi connectivity index (χ3n) is 2.78. The smallest absolute Gasteiger partial charge is 0.259 e. The molecule has 0 aliphatic heterocycles. The van der Waals surface area contributed by atoms with Gasteiger partial charge >= 0.3 is 0 Å². The standard InChI is InChI=1S/C16H16ClN3O/c1-12-2-8-15(9-3-12)18-11-16(21)20-19-10-13-4-6-14(17)7-5-13/h2-10,18H,11H2,1H3,(H,20,21). The van der Waals surface area contributed by atoms with E-state index in [9.17, 15) is 4.79 Å². The highest BCUT2D eigenvalue weighted by atomic mass is 35.5. The van der Waals surface area contributed by atoms with Crippen molar-refractivity contribution in [1.29, 1.82) is 0 Å². The van der Waals surface area contributed by atoms with Crippen LogP contribution in [0.5, 0.6) is 0 Å². The van der Waals surface area contributed by atoms with Gasteiger partial charge in [0.15, 0.2) is 0 Å². The minimum atomic E-state index is -0.208. The zero-order valence-electron chi connectivity index (χ0n) is 11.6. The number of carbonyl (C=O) groups excluding carboxylic acids is 1. The molecule has 0 aromatic heterocycles. The first-order valence-corrected chi connectivity index (χ1v) is 6.89. The molecule has 4 nitrogen and oxygen atoms in total. The highest BCUT2D eigenvalue weighted by Gasteiger charge is 1.99. The highest BCUT2D eigenvalue weighted by Crippen LogP contribution is 2.08. The van der Waals surface area contributed by atoms with E-state index in [1.165, 1.54) is 5.56 Å². The third-order valence-corrected chi connectivity index (χ3v) is 3.03. The van der Waals surface area contributed by atoms with E-state index in [4.69, 9.17) is 11.6 Å². The predicted molar refractivity (Wildman–Crippen MR) is 86.9 cm³/mol. The van der Waals surface area contributed by atoms with Crippen molar-refractivity contribution in [3.05, 3.63) is 64.7 Å². The number of amides is 1. The summed E-state index contributed by atoms with van der Waals surface area (Å²) in [5.74, 6) is -0.208. The minimum absolute atomic E-state index is 0.168. The highest BCUT2D eigenvalue weighted by molar-refractivity contribution is 6.30. The Morgan fingerprint density at radius 1 is 1.14 bits per heavy atom. The summed E-state index contributed by atoms with van der Waals surface area (Å²) in [5, 5.41) is 7.58. The second-order valence-electron chi connectivity index (χ2n) is 4.56. The zero-order chi connectivity index (χ0) is 15.1. The summed E-state index contributed by atoms with van der Waals surface area (Å²) in [4.78, 5) is 11.6. The largest absolute Gasteiger partial charge is 0.376 e. The van der Waals surface area contributed by atoms with Gasteiger partial charge in [-0.05, 0) is 36.8 Å². The number of anilines is 1. The number of hydrogen-bond donors (Lipinski definition) is 2. The molecule has 108 valence electrons. The number of nitrogens with one attached hydrogen (secondary N) is 2. The lowest BCUT2D eigenvalue weighted by atomic mass is 10.2.